The second-order valence-corrected chi connectivity index (χ2v) is 5.89. The van der Waals surface area contributed by atoms with Crippen LogP contribution >= 0.6 is 24.0 Å². The van der Waals surface area contributed by atoms with Gasteiger partial charge in [-0.1, -0.05) is 6.07 Å². The summed E-state index contributed by atoms with van der Waals surface area (Å²) >= 11 is 0. The fourth-order valence-corrected chi connectivity index (χ4v) is 2.51. The van der Waals surface area contributed by atoms with Gasteiger partial charge in [-0.25, -0.2) is 9.98 Å². The normalized spacial score (nSPS) is 16.8. The van der Waals surface area contributed by atoms with Gasteiger partial charge in [0.05, 0.1) is 26.4 Å². The minimum Gasteiger partial charge on any atom is -0.481 e. The number of aliphatic imine (C=N–C) groups is 1. The van der Waals surface area contributed by atoms with Gasteiger partial charge in [0.15, 0.2) is 5.96 Å². The number of halogens is 1. The maximum atomic E-state index is 5.67. The molecular formula is C18H31IN4O3. The zero-order valence-electron chi connectivity index (χ0n) is 15.7. The quantitative estimate of drug-likeness (QED) is 0.233. The average Bonchev–Trinajstić information content (AvgIpc) is 3.16. The summed E-state index contributed by atoms with van der Waals surface area (Å²) in [6.07, 6.45) is 5.29. The monoisotopic (exact) mass is 478 g/mol. The van der Waals surface area contributed by atoms with Gasteiger partial charge in [-0.3, -0.25) is 0 Å². The summed E-state index contributed by atoms with van der Waals surface area (Å²) in [5.41, 5.74) is 1.04. The molecule has 1 atom stereocenters. The van der Waals surface area contributed by atoms with E-state index in [-0.39, 0.29) is 24.0 Å². The number of hydrogen-bond acceptors (Lipinski definition) is 5. The lowest BCUT2D eigenvalue weighted by molar-refractivity contribution is 0.0168. The third-order valence-electron chi connectivity index (χ3n) is 3.86. The number of hydrogen-bond donors (Lipinski definition) is 2. The molecule has 1 aromatic heterocycles. The van der Waals surface area contributed by atoms with E-state index < -0.39 is 0 Å². The standard InChI is InChI=1S/C18H30N4O3.HI/c1-3-19-18(22-13-15-7-8-17(23-2)21-12-15)20-9-5-10-24-14-16-6-4-11-25-16;/h7-8,12,16H,3-6,9-11,13-14H2,1-2H3,(H2,19,20,22);1H. The highest BCUT2D eigenvalue weighted by Crippen LogP contribution is 2.11. The summed E-state index contributed by atoms with van der Waals surface area (Å²) in [6.45, 7) is 6.58. The molecule has 0 bridgehead atoms. The maximum Gasteiger partial charge on any atom is 0.212 e. The van der Waals surface area contributed by atoms with Gasteiger partial charge in [0.1, 0.15) is 0 Å². The van der Waals surface area contributed by atoms with Gasteiger partial charge in [0.25, 0.3) is 0 Å². The Hall–Kier alpha value is -1.13. The lowest BCUT2D eigenvalue weighted by atomic mass is 10.2. The number of guanidine groups is 1. The fourth-order valence-electron chi connectivity index (χ4n) is 2.51. The van der Waals surface area contributed by atoms with E-state index in [9.17, 15) is 0 Å². The predicted octanol–water partition coefficient (Wildman–Crippen LogP) is 2.35. The van der Waals surface area contributed by atoms with Crippen molar-refractivity contribution >= 4 is 29.9 Å². The molecule has 0 spiro atoms. The molecule has 1 saturated heterocycles. The van der Waals surface area contributed by atoms with Crippen molar-refractivity contribution in [2.75, 3.05) is 40.0 Å². The number of nitrogens with zero attached hydrogens (tertiary/aromatic N) is 2. The predicted molar refractivity (Wildman–Crippen MR) is 113 cm³/mol. The van der Waals surface area contributed by atoms with E-state index >= 15 is 0 Å². The van der Waals surface area contributed by atoms with Crippen LogP contribution in [0.3, 0.4) is 0 Å². The molecular weight excluding hydrogens is 447 g/mol. The molecule has 0 saturated carbocycles. The summed E-state index contributed by atoms with van der Waals surface area (Å²) in [5, 5.41) is 6.57. The van der Waals surface area contributed by atoms with Crippen molar-refractivity contribution in [2.45, 2.75) is 38.8 Å². The lowest BCUT2D eigenvalue weighted by Crippen LogP contribution is -2.38. The number of rotatable bonds is 10. The number of ether oxygens (including phenoxy) is 3. The lowest BCUT2D eigenvalue weighted by Gasteiger charge is -2.12. The van der Waals surface area contributed by atoms with Gasteiger partial charge < -0.3 is 24.8 Å². The van der Waals surface area contributed by atoms with E-state index in [1.165, 1.54) is 0 Å². The molecule has 2 heterocycles. The maximum absolute atomic E-state index is 5.67. The van der Waals surface area contributed by atoms with Crippen LogP contribution in [0, 0.1) is 0 Å². The minimum absolute atomic E-state index is 0. The van der Waals surface area contributed by atoms with Gasteiger partial charge in [-0.2, -0.15) is 0 Å². The summed E-state index contributed by atoms with van der Waals surface area (Å²) in [4.78, 5) is 8.76. The molecule has 1 aliphatic heterocycles. The molecule has 2 rings (SSSR count). The van der Waals surface area contributed by atoms with Crippen molar-refractivity contribution in [1.82, 2.24) is 15.6 Å². The Bertz CT molecular complexity index is 508. The summed E-state index contributed by atoms with van der Waals surface area (Å²) < 4.78 is 16.3. The average molecular weight is 478 g/mol. The molecule has 0 amide bonds. The fraction of sp³-hybridized carbons (Fsp3) is 0.667. The highest BCUT2D eigenvalue weighted by molar-refractivity contribution is 14.0. The van der Waals surface area contributed by atoms with E-state index in [4.69, 9.17) is 14.2 Å². The molecule has 26 heavy (non-hydrogen) atoms. The minimum atomic E-state index is 0. The smallest absolute Gasteiger partial charge is 0.212 e. The molecule has 1 aliphatic rings. The molecule has 0 aromatic carbocycles. The van der Waals surface area contributed by atoms with Gasteiger partial charge >= 0.3 is 0 Å². The topological polar surface area (TPSA) is 77.0 Å². The largest absolute Gasteiger partial charge is 0.481 e. The van der Waals surface area contributed by atoms with Gasteiger partial charge in [0.2, 0.25) is 5.88 Å². The van der Waals surface area contributed by atoms with E-state index in [2.05, 4.69) is 27.5 Å². The summed E-state index contributed by atoms with van der Waals surface area (Å²) in [5.74, 6) is 1.42. The van der Waals surface area contributed by atoms with E-state index in [0.717, 1.165) is 57.1 Å². The molecule has 0 radical (unpaired) electrons. The van der Waals surface area contributed by atoms with E-state index in [1.807, 2.05) is 12.1 Å². The third kappa shape index (κ3) is 9.00. The first-order chi connectivity index (χ1) is 12.3. The van der Waals surface area contributed by atoms with Crippen molar-refractivity contribution in [3.63, 3.8) is 0 Å². The third-order valence-corrected chi connectivity index (χ3v) is 3.86. The number of aromatic nitrogens is 1. The van der Waals surface area contributed by atoms with Crippen molar-refractivity contribution in [2.24, 2.45) is 4.99 Å². The second kappa shape index (κ2) is 14.0. The van der Waals surface area contributed by atoms with Crippen LogP contribution in [-0.4, -0.2) is 57.1 Å². The molecule has 2 N–H and O–H groups in total. The van der Waals surface area contributed by atoms with Crippen molar-refractivity contribution in [3.8, 4) is 5.88 Å². The van der Waals surface area contributed by atoms with Crippen molar-refractivity contribution in [3.05, 3.63) is 23.9 Å². The van der Waals surface area contributed by atoms with E-state index in [1.54, 1.807) is 13.3 Å². The SMILES string of the molecule is CCNC(=NCc1ccc(OC)nc1)NCCCOCC1CCCO1.I. The highest BCUT2D eigenvalue weighted by atomic mass is 127. The first kappa shape index (κ1) is 22.9. The summed E-state index contributed by atoms with van der Waals surface area (Å²) in [6, 6.07) is 3.81. The molecule has 7 nitrogen and oxygen atoms in total. The number of pyridine rings is 1. The van der Waals surface area contributed by atoms with Crippen LogP contribution in [0.25, 0.3) is 0 Å². The van der Waals surface area contributed by atoms with Crippen LogP contribution in [0.4, 0.5) is 0 Å². The molecule has 1 unspecified atom stereocenters. The van der Waals surface area contributed by atoms with Crippen molar-refractivity contribution in [1.29, 1.82) is 0 Å². The molecule has 148 valence electrons. The number of nitrogens with one attached hydrogen (secondary N) is 2. The van der Waals surface area contributed by atoms with Crippen molar-refractivity contribution < 1.29 is 14.2 Å². The molecule has 1 aromatic rings. The van der Waals surface area contributed by atoms with Crippen LogP contribution in [-0.2, 0) is 16.0 Å². The summed E-state index contributed by atoms with van der Waals surface area (Å²) in [7, 11) is 1.61. The molecule has 8 heteroatoms. The van der Waals surface area contributed by atoms with Crippen LogP contribution < -0.4 is 15.4 Å². The van der Waals surface area contributed by atoms with Gasteiger partial charge in [-0.15, -0.1) is 24.0 Å². The number of methoxy groups -OCH3 is 1. The Kier molecular flexibility index (Phi) is 12.3. The first-order valence-corrected chi connectivity index (χ1v) is 9.02. The van der Waals surface area contributed by atoms with Crippen LogP contribution in [0.15, 0.2) is 23.3 Å². The van der Waals surface area contributed by atoms with Crippen LogP contribution in [0.2, 0.25) is 0 Å². The molecule has 1 fully saturated rings. The zero-order chi connectivity index (χ0) is 17.7. The Morgan fingerprint density at radius 3 is 2.92 bits per heavy atom. The Morgan fingerprint density at radius 2 is 2.27 bits per heavy atom. The Balaban J connectivity index is 0.00000338. The van der Waals surface area contributed by atoms with Crippen LogP contribution in [0.5, 0.6) is 5.88 Å². The zero-order valence-corrected chi connectivity index (χ0v) is 18.0. The Labute approximate surface area is 173 Å². The van der Waals surface area contributed by atoms with Gasteiger partial charge in [-0.05, 0) is 31.7 Å². The second-order valence-electron chi connectivity index (χ2n) is 5.89. The van der Waals surface area contributed by atoms with E-state index in [0.29, 0.717) is 25.1 Å². The van der Waals surface area contributed by atoms with Gasteiger partial charge in [0, 0.05) is 38.6 Å². The molecule has 0 aliphatic carbocycles. The Morgan fingerprint density at radius 1 is 1.38 bits per heavy atom. The first-order valence-electron chi connectivity index (χ1n) is 9.02. The highest BCUT2D eigenvalue weighted by Gasteiger charge is 2.14. The van der Waals surface area contributed by atoms with Crippen LogP contribution in [0.1, 0.15) is 31.7 Å².